The summed E-state index contributed by atoms with van der Waals surface area (Å²) in [4.78, 5) is 4.22. The molecular weight excluding hydrogens is 354 g/mol. The van der Waals surface area contributed by atoms with E-state index in [1.165, 1.54) is 12.8 Å². The zero-order chi connectivity index (χ0) is 19.1. The van der Waals surface area contributed by atoms with Crippen LogP contribution in [-0.4, -0.2) is 43.0 Å². The Morgan fingerprint density at radius 1 is 1.11 bits per heavy atom. The lowest BCUT2D eigenvalue weighted by atomic mass is 10.0. The number of hydrogen-bond acceptors (Lipinski definition) is 6. The van der Waals surface area contributed by atoms with Crippen LogP contribution in [-0.2, 0) is 0 Å². The third kappa shape index (κ3) is 3.33. The Labute approximate surface area is 163 Å². The van der Waals surface area contributed by atoms with E-state index in [0.29, 0.717) is 29.2 Å². The Balaban J connectivity index is 1.31. The number of phenols is 1. The largest absolute Gasteiger partial charge is 0.507 e. The number of ether oxygens (including phenoxy) is 1. The third-order valence-electron chi connectivity index (χ3n) is 5.62. The van der Waals surface area contributed by atoms with Crippen LogP contribution in [0.1, 0.15) is 31.4 Å². The van der Waals surface area contributed by atoms with Gasteiger partial charge in [-0.3, -0.25) is 0 Å². The van der Waals surface area contributed by atoms with Gasteiger partial charge < -0.3 is 19.7 Å². The number of benzene rings is 1. The van der Waals surface area contributed by atoms with Crippen LogP contribution in [0.4, 0.5) is 0 Å². The highest BCUT2D eigenvalue weighted by Crippen LogP contribution is 2.31. The van der Waals surface area contributed by atoms with Gasteiger partial charge in [0.2, 0.25) is 5.88 Å². The fourth-order valence-corrected chi connectivity index (χ4v) is 4.26. The SMILES string of the molecule is Cc1cn(-c2ccc(-c3ccc(OC4CC5CC[C@@H](C4)N5)nn3)c(O)c2)cn1. The molecule has 3 atom stereocenters. The van der Waals surface area contributed by atoms with Crippen LogP contribution in [0.2, 0.25) is 0 Å². The molecule has 0 spiro atoms. The Bertz CT molecular complexity index is 973. The fourth-order valence-electron chi connectivity index (χ4n) is 4.26. The lowest BCUT2D eigenvalue weighted by molar-refractivity contribution is 0.130. The number of piperidine rings is 1. The second kappa shape index (κ2) is 6.91. The standard InChI is InChI=1S/C21H23N5O2/c1-13-11-26(12-22-13)16-4-5-18(20(27)10-16)19-6-7-21(25-24-19)28-17-8-14-2-3-15(9-17)23-14/h4-7,10-12,14-15,17,23,27H,2-3,8-9H2,1H3/t14-,15?,17?/m0/s1. The highest BCUT2D eigenvalue weighted by Gasteiger charge is 2.34. The molecule has 0 radical (unpaired) electrons. The van der Waals surface area contributed by atoms with Crippen LogP contribution in [0.5, 0.6) is 11.6 Å². The predicted octanol–water partition coefficient (Wildman–Crippen LogP) is 3.01. The van der Waals surface area contributed by atoms with Crippen molar-refractivity contribution < 1.29 is 9.84 Å². The highest BCUT2D eigenvalue weighted by atomic mass is 16.5. The molecule has 3 aromatic rings. The maximum absolute atomic E-state index is 10.5. The number of nitrogens with zero attached hydrogens (tertiary/aromatic N) is 4. The third-order valence-corrected chi connectivity index (χ3v) is 5.62. The van der Waals surface area contributed by atoms with E-state index in [4.69, 9.17) is 4.74 Å². The van der Waals surface area contributed by atoms with Crippen LogP contribution in [0.25, 0.3) is 16.9 Å². The topological polar surface area (TPSA) is 85.1 Å². The van der Waals surface area contributed by atoms with Gasteiger partial charge in [0.05, 0.1) is 23.4 Å². The van der Waals surface area contributed by atoms with E-state index in [1.54, 1.807) is 12.4 Å². The summed E-state index contributed by atoms with van der Waals surface area (Å²) in [6.07, 6.45) is 8.36. The maximum atomic E-state index is 10.5. The smallest absolute Gasteiger partial charge is 0.233 e. The van der Waals surface area contributed by atoms with E-state index in [-0.39, 0.29) is 11.9 Å². The summed E-state index contributed by atoms with van der Waals surface area (Å²) in [7, 11) is 0. The molecule has 2 aliphatic heterocycles. The number of rotatable bonds is 4. The van der Waals surface area contributed by atoms with E-state index in [2.05, 4.69) is 20.5 Å². The van der Waals surface area contributed by atoms with Crippen LogP contribution in [0.15, 0.2) is 42.9 Å². The lowest BCUT2D eigenvalue weighted by Crippen LogP contribution is -2.42. The lowest BCUT2D eigenvalue weighted by Gasteiger charge is -2.28. The Kier molecular flexibility index (Phi) is 4.24. The van der Waals surface area contributed by atoms with E-state index >= 15 is 0 Å². The minimum Gasteiger partial charge on any atom is -0.507 e. The first-order valence-corrected chi connectivity index (χ1v) is 9.75. The van der Waals surface area contributed by atoms with Gasteiger partial charge in [-0.2, -0.15) is 0 Å². The Morgan fingerprint density at radius 2 is 1.93 bits per heavy atom. The molecule has 2 aromatic heterocycles. The number of fused-ring (bicyclic) bond motifs is 2. The molecule has 0 saturated carbocycles. The van der Waals surface area contributed by atoms with Crippen molar-refractivity contribution in [1.82, 2.24) is 25.1 Å². The average molecular weight is 377 g/mol. The van der Waals surface area contributed by atoms with Crippen molar-refractivity contribution in [2.24, 2.45) is 0 Å². The molecule has 7 heteroatoms. The molecular formula is C21H23N5O2. The summed E-state index contributed by atoms with van der Waals surface area (Å²) >= 11 is 0. The summed E-state index contributed by atoms with van der Waals surface area (Å²) in [5, 5.41) is 22.6. The van der Waals surface area contributed by atoms with E-state index in [0.717, 1.165) is 24.2 Å². The van der Waals surface area contributed by atoms with E-state index < -0.39 is 0 Å². The first-order valence-electron chi connectivity index (χ1n) is 9.75. The molecule has 28 heavy (non-hydrogen) atoms. The van der Waals surface area contributed by atoms with Crippen molar-refractivity contribution in [1.29, 1.82) is 0 Å². The number of aromatic nitrogens is 4. The summed E-state index contributed by atoms with van der Waals surface area (Å²) in [5.41, 5.74) is 3.02. The maximum Gasteiger partial charge on any atom is 0.233 e. The van der Waals surface area contributed by atoms with Gasteiger partial charge in [-0.05, 0) is 50.8 Å². The molecule has 0 amide bonds. The molecule has 2 N–H and O–H groups in total. The van der Waals surface area contributed by atoms with Crippen molar-refractivity contribution in [2.45, 2.75) is 50.8 Å². The molecule has 2 unspecified atom stereocenters. The van der Waals surface area contributed by atoms with Gasteiger partial charge in [0.25, 0.3) is 0 Å². The van der Waals surface area contributed by atoms with Crippen LogP contribution in [0, 0.1) is 6.92 Å². The summed E-state index contributed by atoms with van der Waals surface area (Å²) in [6, 6.07) is 10.3. The van der Waals surface area contributed by atoms with Crippen LogP contribution < -0.4 is 10.1 Å². The summed E-state index contributed by atoms with van der Waals surface area (Å²) in [5.74, 6) is 0.696. The average Bonchev–Trinajstić information content (AvgIpc) is 3.27. The predicted molar refractivity (Wildman–Crippen MR) is 105 cm³/mol. The molecule has 2 saturated heterocycles. The van der Waals surface area contributed by atoms with Gasteiger partial charge in [-0.25, -0.2) is 4.98 Å². The zero-order valence-electron chi connectivity index (χ0n) is 15.7. The quantitative estimate of drug-likeness (QED) is 0.727. The van der Waals surface area contributed by atoms with Crippen molar-refractivity contribution in [3.63, 3.8) is 0 Å². The van der Waals surface area contributed by atoms with Gasteiger partial charge in [-0.15, -0.1) is 10.2 Å². The second-order valence-corrected chi connectivity index (χ2v) is 7.73. The van der Waals surface area contributed by atoms with Crippen molar-refractivity contribution in [3.05, 3.63) is 48.5 Å². The highest BCUT2D eigenvalue weighted by molar-refractivity contribution is 5.68. The number of aromatic hydroxyl groups is 1. The molecule has 2 fully saturated rings. The van der Waals surface area contributed by atoms with Crippen molar-refractivity contribution >= 4 is 0 Å². The Morgan fingerprint density at radius 3 is 2.57 bits per heavy atom. The van der Waals surface area contributed by atoms with Gasteiger partial charge in [-0.1, -0.05) is 0 Å². The van der Waals surface area contributed by atoms with E-state index in [1.807, 2.05) is 42.0 Å². The van der Waals surface area contributed by atoms with Gasteiger partial charge in [0.1, 0.15) is 11.9 Å². The molecule has 144 valence electrons. The molecule has 5 rings (SSSR count). The Hall–Kier alpha value is -2.93. The monoisotopic (exact) mass is 377 g/mol. The van der Waals surface area contributed by atoms with Crippen LogP contribution >= 0.6 is 0 Å². The molecule has 2 bridgehead atoms. The van der Waals surface area contributed by atoms with Crippen molar-refractivity contribution in [2.75, 3.05) is 0 Å². The second-order valence-electron chi connectivity index (χ2n) is 7.73. The molecule has 0 aliphatic carbocycles. The normalized spacial score (nSPS) is 23.7. The van der Waals surface area contributed by atoms with Crippen molar-refractivity contribution in [3.8, 4) is 28.6 Å². The zero-order valence-corrected chi connectivity index (χ0v) is 15.7. The number of hydrogen-bond donors (Lipinski definition) is 2. The summed E-state index contributed by atoms with van der Waals surface area (Å²) < 4.78 is 7.92. The van der Waals surface area contributed by atoms with Gasteiger partial charge >= 0.3 is 0 Å². The van der Waals surface area contributed by atoms with Gasteiger partial charge in [0, 0.05) is 36.0 Å². The number of nitrogens with one attached hydrogen (secondary N) is 1. The molecule has 4 heterocycles. The first kappa shape index (κ1) is 17.2. The van der Waals surface area contributed by atoms with E-state index in [9.17, 15) is 5.11 Å². The molecule has 1 aromatic carbocycles. The summed E-state index contributed by atoms with van der Waals surface area (Å²) in [6.45, 7) is 1.93. The first-order chi connectivity index (χ1) is 13.6. The minimum atomic E-state index is 0.154. The molecule has 7 nitrogen and oxygen atoms in total. The number of phenolic OH excluding ortho intramolecular Hbond substituents is 1. The van der Waals surface area contributed by atoms with Gasteiger partial charge in [0.15, 0.2) is 0 Å². The molecule has 2 aliphatic rings. The minimum absolute atomic E-state index is 0.154. The van der Waals surface area contributed by atoms with Crippen LogP contribution in [0.3, 0.4) is 0 Å². The number of imidazole rings is 1. The fraction of sp³-hybridized carbons (Fsp3) is 0.381. The number of aryl methyl sites for hydroxylation is 1.